The summed E-state index contributed by atoms with van der Waals surface area (Å²) in [5, 5.41) is 11.8. The lowest BCUT2D eigenvalue weighted by molar-refractivity contribution is -0.122. The number of amides is 2. The van der Waals surface area contributed by atoms with E-state index in [-0.39, 0.29) is 18.4 Å². The van der Waals surface area contributed by atoms with E-state index in [2.05, 4.69) is 20.8 Å². The normalized spacial score (nSPS) is 9.80. The zero-order valence-electron chi connectivity index (χ0n) is 8.97. The van der Waals surface area contributed by atoms with Gasteiger partial charge in [0.2, 0.25) is 11.8 Å². The second-order valence-electron chi connectivity index (χ2n) is 3.27. The van der Waals surface area contributed by atoms with E-state index in [1.54, 1.807) is 6.92 Å². The molecule has 0 aliphatic heterocycles. The van der Waals surface area contributed by atoms with Gasteiger partial charge in [0.15, 0.2) is 0 Å². The number of aryl methyl sites for hydroxylation is 2. The third-order valence-corrected chi connectivity index (χ3v) is 1.89. The summed E-state index contributed by atoms with van der Waals surface area (Å²) in [5.74, 6) is -0.497. The number of nitrogens with one attached hydrogen (secondary N) is 3. The molecule has 6 nitrogen and oxygen atoms in total. The molecule has 1 rings (SSSR count). The van der Waals surface area contributed by atoms with Crippen molar-refractivity contribution in [3.05, 3.63) is 11.4 Å². The van der Waals surface area contributed by atoms with Gasteiger partial charge in [0.05, 0.1) is 23.6 Å². The number of hydrogen-bond acceptors (Lipinski definition) is 3. The highest BCUT2D eigenvalue weighted by molar-refractivity contribution is 5.95. The van der Waals surface area contributed by atoms with E-state index in [4.69, 9.17) is 0 Å². The molecule has 3 N–H and O–H groups in total. The monoisotopic (exact) mass is 210 g/mol. The standard InChI is InChI=1S/C9H14N4O2/c1-5-9(6(2)13-12-5)11-8(15)4-10-7(3)14/h4H2,1-3H3,(H,10,14)(H,11,15)(H,12,13). The summed E-state index contributed by atoms with van der Waals surface area (Å²) in [5.41, 5.74) is 2.19. The Morgan fingerprint density at radius 1 is 1.40 bits per heavy atom. The SMILES string of the molecule is CC(=O)NCC(=O)Nc1c(C)n[nH]c1C. The minimum Gasteiger partial charge on any atom is -0.347 e. The maximum Gasteiger partial charge on any atom is 0.243 e. The molecule has 0 bridgehead atoms. The third kappa shape index (κ3) is 3.08. The van der Waals surface area contributed by atoms with Crippen LogP contribution < -0.4 is 10.6 Å². The Labute approximate surface area is 87.4 Å². The van der Waals surface area contributed by atoms with Gasteiger partial charge in [-0.05, 0) is 13.8 Å². The Balaban J connectivity index is 2.55. The Morgan fingerprint density at radius 2 is 2.07 bits per heavy atom. The fourth-order valence-electron chi connectivity index (χ4n) is 1.12. The lowest BCUT2D eigenvalue weighted by atomic mass is 10.3. The highest BCUT2D eigenvalue weighted by atomic mass is 16.2. The number of nitrogens with zero attached hydrogens (tertiary/aromatic N) is 1. The van der Waals surface area contributed by atoms with Crippen molar-refractivity contribution >= 4 is 17.5 Å². The molecule has 1 aromatic rings. The van der Waals surface area contributed by atoms with Gasteiger partial charge in [0.1, 0.15) is 0 Å². The fraction of sp³-hybridized carbons (Fsp3) is 0.444. The highest BCUT2D eigenvalue weighted by Crippen LogP contribution is 2.15. The van der Waals surface area contributed by atoms with Gasteiger partial charge in [-0.25, -0.2) is 0 Å². The Kier molecular flexibility index (Phi) is 3.43. The Bertz CT molecular complexity index is 364. The summed E-state index contributed by atoms with van der Waals surface area (Å²) in [6.07, 6.45) is 0. The summed E-state index contributed by atoms with van der Waals surface area (Å²) >= 11 is 0. The molecule has 0 aliphatic rings. The van der Waals surface area contributed by atoms with E-state index < -0.39 is 0 Å². The van der Waals surface area contributed by atoms with Gasteiger partial charge in [0.25, 0.3) is 0 Å². The van der Waals surface area contributed by atoms with Crippen molar-refractivity contribution in [1.29, 1.82) is 0 Å². The van der Waals surface area contributed by atoms with Crippen LogP contribution in [0.15, 0.2) is 0 Å². The number of hydrogen-bond donors (Lipinski definition) is 3. The van der Waals surface area contributed by atoms with Crippen LogP contribution in [0.1, 0.15) is 18.3 Å². The molecule has 0 unspecified atom stereocenters. The number of anilines is 1. The van der Waals surface area contributed by atoms with Crippen LogP contribution in [0, 0.1) is 13.8 Å². The zero-order valence-corrected chi connectivity index (χ0v) is 8.97. The molecule has 0 aromatic carbocycles. The first-order valence-corrected chi connectivity index (χ1v) is 4.56. The number of aromatic nitrogens is 2. The van der Waals surface area contributed by atoms with Crippen LogP contribution in [0.3, 0.4) is 0 Å². The van der Waals surface area contributed by atoms with Gasteiger partial charge >= 0.3 is 0 Å². The molecule has 6 heteroatoms. The molecule has 0 atom stereocenters. The zero-order chi connectivity index (χ0) is 11.4. The van der Waals surface area contributed by atoms with Crippen LogP contribution in [0.2, 0.25) is 0 Å². The fourth-order valence-corrected chi connectivity index (χ4v) is 1.12. The van der Waals surface area contributed by atoms with Crippen LogP contribution in [0.4, 0.5) is 5.69 Å². The summed E-state index contributed by atoms with van der Waals surface area (Å²) in [6, 6.07) is 0. The van der Waals surface area contributed by atoms with Crippen LogP contribution in [-0.2, 0) is 9.59 Å². The summed E-state index contributed by atoms with van der Waals surface area (Å²) < 4.78 is 0. The lowest BCUT2D eigenvalue weighted by Gasteiger charge is -2.05. The molecule has 0 radical (unpaired) electrons. The van der Waals surface area contributed by atoms with Gasteiger partial charge in [-0.1, -0.05) is 0 Å². The molecule has 1 heterocycles. The van der Waals surface area contributed by atoms with E-state index in [1.165, 1.54) is 6.92 Å². The maximum atomic E-state index is 11.4. The number of carbonyl (C=O) groups is 2. The third-order valence-electron chi connectivity index (χ3n) is 1.89. The molecule has 0 saturated carbocycles. The lowest BCUT2D eigenvalue weighted by Crippen LogP contribution is -2.31. The smallest absolute Gasteiger partial charge is 0.243 e. The number of H-pyrrole nitrogens is 1. The van der Waals surface area contributed by atoms with E-state index >= 15 is 0 Å². The van der Waals surface area contributed by atoms with E-state index in [0.717, 1.165) is 11.4 Å². The minimum absolute atomic E-state index is 0.0284. The van der Waals surface area contributed by atoms with Crippen LogP contribution >= 0.6 is 0 Å². The molecule has 82 valence electrons. The first-order valence-electron chi connectivity index (χ1n) is 4.56. The van der Waals surface area contributed by atoms with Crippen molar-refractivity contribution in [2.24, 2.45) is 0 Å². The number of carbonyl (C=O) groups excluding carboxylic acids is 2. The van der Waals surface area contributed by atoms with Crippen molar-refractivity contribution in [3.63, 3.8) is 0 Å². The van der Waals surface area contributed by atoms with E-state index in [9.17, 15) is 9.59 Å². The molecule has 15 heavy (non-hydrogen) atoms. The van der Waals surface area contributed by atoms with Gasteiger partial charge in [-0.3, -0.25) is 14.7 Å². The largest absolute Gasteiger partial charge is 0.347 e. The summed E-state index contributed by atoms with van der Waals surface area (Å²) in [4.78, 5) is 21.9. The van der Waals surface area contributed by atoms with Crippen molar-refractivity contribution in [1.82, 2.24) is 15.5 Å². The summed E-state index contributed by atoms with van der Waals surface area (Å²) in [7, 11) is 0. The van der Waals surface area contributed by atoms with E-state index in [0.29, 0.717) is 5.69 Å². The molecule has 1 aromatic heterocycles. The summed E-state index contributed by atoms with van der Waals surface area (Å²) in [6.45, 7) is 4.94. The average Bonchev–Trinajstić information content (AvgIpc) is 2.46. The Morgan fingerprint density at radius 3 is 2.53 bits per heavy atom. The molecule has 0 aliphatic carbocycles. The molecule has 2 amide bonds. The predicted octanol–water partition coefficient (Wildman–Crippen LogP) is 0.101. The second-order valence-corrected chi connectivity index (χ2v) is 3.27. The molecular formula is C9H14N4O2. The van der Waals surface area contributed by atoms with Gasteiger partial charge < -0.3 is 10.6 Å². The number of aromatic amines is 1. The second kappa shape index (κ2) is 4.59. The molecular weight excluding hydrogens is 196 g/mol. The average molecular weight is 210 g/mol. The molecule has 0 saturated heterocycles. The maximum absolute atomic E-state index is 11.4. The molecule has 0 fully saturated rings. The van der Waals surface area contributed by atoms with Crippen molar-refractivity contribution < 1.29 is 9.59 Å². The highest BCUT2D eigenvalue weighted by Gasteiger charge is 2.09. The van der Waals surface area contributed by atoms with Crippen molar-refractivity contribution in [2.75, 3.05) is 11.9 Å². The van der Waals surface area contributed by atoms with Gasteiger partial charge in [-0.15, -0.1) is 0 Å². The number of rotatable bonds is 3. The van der Waals surface area contributed by atoms with Gasteiger partial charge in [0, 0.05) is 6.92 Å². The quantitative estimate of drug-likeness (QED) is 0.661. The Hall–Kier alpha value is -1.85. The minimum atomic E-state index is -0.266. The van der Waals surface area contributed by atoms with Crippen LogP contribution in [0.25, 0.3) is 0 Å². The molecule has 0 spiro atoms. The van der Waals surface area contributed by atoms with Crippen molar-refractivity contribution in [2.45, 2.75) is 20.8 Å². The van der Waals surface area contributed by atoms with Gasteiger partial charge in [-0.2, -0.15) is 5.10 Å². The first-order chi connectivity index (χ1) is 7.00. The predicted molar refractivity (Wildman–Crippen MR) is 55.4 cm³/mol. The first kappa shape index (κ1) is 11.2. The topological polar surface area (TPSA) is 86.9 Å². The van der Waals surface area contributed by atoms with Crippen LogP contribution in [-0.4, -0.2) is 28.6 Å². The van der Waals surface area contributed by atoms with E-state index in [1.807, 2.05) is 6.92 Å². The van der Waals surface area contributed by atoms with Crippen molar-refractivity contribution in [3.8, 4) is 0 Å². The van der Waals surface area contributed by atoms with Crippen LogP contribution in [0.5, 0.6) is 0 Å².